The summed E-state index contributed by atoms with van der Waals surface area (Å²) in [6.07, 6.45) is 2.32. The summed E-state index contributed by atoms with van der Waals surface area (Å²) >= 11 is 0. The number of aromatic carboxylic acids is 1. The van der Waals surface area contributed by atoms with E-state index in [4.69, 9.17) is 9.84 Å². The van der Waals surface area contributed by atoms with Crippen molar-refractivity contribution in [3.63, 3.8) is 0 Å². The van der Waals surface area contributed by atoms with Gasteiger partial charge in [-0.05, 0) is 25.0 Å². The van der Waals surface area contributed by atoms with Crippen LogP contribution in [0.5, 0.6) is 5.75 Å². The number of benzene rings is 1. The van der Waals surface area contributed by atoms with Crippen LogP contribution in [0.15, 0.2) is 24.3 Å². The lowest BCUT2D eigenvalue weighted by atomic mass is 9.96. The Morgan fingerprint density at radius 3 is 2.55 bits per heavy atom. The van der Waals surface area contributed by atoms with Crippen molar-refractivity contribution < 1.29 is 14.6 Å². The zero-order chi connectivity index (χ0) is 15.0. The maximum Gasteiger partial charge on any atom is 0.339 e. The van der Waals surface area contributed by atoms with Gasteiger partial charge in [-0.15, -0.1) is 0 Å². The van der Waals surface area contributed by atoms with Gasteiger partial charge in [-0.25, -0.2) is 4.79 Å². The standard InChI is InChI=1S/C16H25NO3/c1-4-13(5-2)12(3)17-10-11-20-15-9-7-6-8-14(15)16(18)19/h6-9,12-13,17H,4-5,10-11H2,1-3H3,(H,18,19). The topological polar surface area (TPSA) is 58.6 Å². The van der Waals surface area contributed by atoms with Crippen molar-refractivity contribution in [3.8, 4) is 5.75 Å². The lowest BCUT2D eigenvalue weighted by Crippen LogP contribution is -2.35. The van der Waals surface area contributed by atoms with Gasteiger partial charge in [0.1, 0.15) is 17.9 Å². The molecule has 0 aromatic heterocycles. The van der Waals surface area contributed by atoms with Gasteiger partial charge in [-0.1, -0.05) is 38.8 Å². The van der Waals surface area contributed by atoms with E-state index in [9.17, 15) is 4.79 Å². The molecule has 0 aliphatic rings. The summed E-state index contributed by atoms with van der Waals surface area (Å²) < 4.78 is 5.55. The summed E-state index contributed by atoms with van der Waals surface area (Å²) in [4.78, 5) is 11.0. The maximum absolute atomic E-state index is 11.0. The number of carboxylic acid groups (broad SMARTS) is 1. The highest BCUT2D eigenvalue weighted by Crippen LogP contribution is 2.17. The number of hydrogen-bond acceptors (Lipinski definition) is 3. The van der Waals surface area contributed by atoms with Crippen LogP contribution in [-0.4, -0.2) is 30.3 Å². The van der Waals surface area contributed by atoms with Crippen LogP contribution in [0.3, 0.4) is 0 Å². The molecule has 1 aromatic rings. The normalized spacial score (nSPS) is 12.4. The molecule has 0 radical (unpaired) electrons. The average molecular weight is 279 g/mol. The SMILES string of the molecule is CCC(CC)C(C)NCCOc1ccccc1C(=O)O. The predicted octanol–water partition coefficient (Wildman–Crippen LogP) is 3.18. The van der Waals surface area contributed by atoms with E-state index in [0.29, 0.717) is 30.9 Å². The van der Waals surface area contributed by atoms with Gasteiger partial charge in [0.05, 0.1) is 0 Å². The first-order chi connectivity index (χ1) is 9.60. The lowest BCUT2D eigenvalue weighted by Gasteiger charge is -2.22. The molecule has 4 heteroatoms. The Morgan fingerprint density at radius 2 is 1.95 bits per heavy atom. The molecule has 1 unspecified atom stereocenters. The minimum atomic E-state index is -0.959. The number of carbonyl (C=O) groups is 1. The lowest BCUT2D eigenvalue weighted by molar-refractivity contribution is 0.0692. The van der Waals surface area contributed by atoms with Crippen LogP contribution in [0.1, 0.15) is 44.0 Å². The molecule has 112 valence electrons. The highest BCUT2D eigenvalue weighted by Gasteiger charge is 2.13. The van der Waals surface area contributed by atoms with Gasteiger partial charge in [-0.3, -0.25) is 0 Å². The molecule has 0 saturated heterocycles. The van der Waals surface area contributed by atoms with Gasteiger partial charge in [-0.2, -0.15) is 0 Å². The average Bonchev–Trinajstić information content (AvgIpc) is 2.45. The van der Waals surface area contributed by atoms with Gasteiger partial charge >= 0.3 is 5.97 Å². The predicted molar refractivity (Wildman–Crippen MR) is 80.4 cm³/mol. The van der Waals surface area contributed by atoms with Crippen LogP contribution in [0.4, 0.5) is 0 Å². The summed E-state index contributed by atoms with van der Waals surface area (Å²) in [5.74, 6) is 0.136. The van der Waals surface area contributed by atoms with E-state index < -0.39 is 5.97 Å². The number of hydrogen-bond donors (Lipinski definition) is 2. The fraction of sp³-hybridized carbons (Fsp3) is 0.562. The Bertz CT molecular complexity index is 416. The van der Waals surface area contributed by atoms with Crippen LogP contribution in [-0.2, 0) is 0 Å². The third kappa shape index (κ3) is 4.85. The van der Waals surface area contributed by atoms with Crippen LogP contribution >= 0.6 is 0 Å². The van der Waals surface area contributed by atoms with Gasteiger partial charge in [0, 0.05) is 12.6 Å². The molecule has 1 rings (SSSR count). The Balaban J connectivity index is 2.40. The molecule has 0 bridgehead atoms. The Hall–Kier alpha value is -1.55. The zero-order valence-electron chi connectivity index (χ0n) is 12.6. The molecule has 1 aromatic carbocycles. The molecule has 1 atom stereocenters. The summed E-state index contributed by atoms with van der Waals surface area (Å²) in [6, 6.07) is 7.17. The molecule has 4 nitrogen and oxygen atoms in total. The molecular weight excluding hydrogens is 254 g/mol. The van der Waals surface area contributed by atoms with Crippen LogP contribution in [0.25, 0.3) is 0 Å². The smallest absolute Gasteiger partial charge is 0.339 e. The number of nitrogens with one attached hydrogen (secondary N) is 1. The first-order valence-corrected chi connectivity index (χ1v) is 7.28. The summed E-state index contributed by atoms with van der Waals surface area (Å²) in [7, 11) is 0. The van der Waals surface area contributed by atoms with Gasteiger partial charge in [0.25, 0.3) is 0 Å². The molecular formula is C16H25NO3. The molecule has 20 heavy (non-hydrogen) atoms. The second-order valence-corrected chi connectivity index (χ2v) is 4.97. The van der Waals surface area contributed by atoms with Crippen molar-refractivity contribution in [3.05, 3.63) is 29.8 Å². The number of ether oxygens (including phenoxy) is 1. The molecule has 0 spiro atoms. The second kappa shape index (κ2) is 8.59. The van der Waals surface area contributed by atoms with Crippen molar-refractivity contribution in [2.24, 2.45) is 5.92 Å². The highest BCUT2D eigenvalue weighted by molar-refractivity contribution is 5.90. The van der Waals surface area contributed by atoms with E-state index in [1.807, 2.05) is 0 Å². The maximum atomic E-state index is 11.0. The van der Waals surface area contributed by atoms with Crippen molar-refractivity contribution in [1.29, 1.82) is 0 Å². The molecule has 2 N–H and O–H groups in total. The van der Waals surface area contributed by atoms with E-state index >= 15 is 0 Å². The minimum Gasteiger partial charge on any atom is -0.491 e. The summed E-state index contributed by atoms with van der Waals surface area (Å²) in [5, 5.41) is 12.5. The minimum absolute atomic E-state index is 0.209. The van der Waals surface area contributed by atoms with Crippen LogP contribution in [0, 0.1) is 5.92 Å². The fourth-order valence-corrected chi connectivity index (χ4v) is 2.38. The molecule has 0 aliphatic carbocycles. The molecule has 0 aliphatic heterocycles. The number of para-hydroxylation sites is 1. The fourth-order valence-electron chi connectivity index (χ4n) is 2.38. The van der Waals surface area contributed by atoms with Crippen LogP contribution < -0.4 is 10.1 Å². The van der Waals surface area contributed by atoms with Gasteiger partial charge < -0.3 is 15.2 Å². The van der Waals surface area contributed by atoms with E-state index in [1.165, 1.54) is 0 Å². The van der Waals surface area contributed by atoms with Crippen molar-refractivity contribution in [1.82, 2.24) is 5.32 Å². The van der Waals surface area contributed by atoms with E-state index in [-0.39, 0.29) is 5.56 Å². The molecule has 0 fully saturated rings. The molecule has 0 amide bonds. The quantitative estimate of drug-likeness (QED) is 0.682. The summed E-state index contributed by atoms with van der Waals surface area (Å²) in [6.45, 7) is 7.77. The first-order valence-electron chi connectivity index (χ1n) is 7.28. The third-order valence-corrected chi connectivity index (χ3v) is 3.70. The summed E-state index contributed by atoms with van der Waals surface area (Å²) in [5.41, 5.74) is 0.209. The monoisotopic (exact) mass is 279 g/mol. The Labute approximate surface area is 121 Å². The van der Waals surface area contributed by atoms with Gasteiger partial charge in [0.2, 0.25) is 0 Å². The Kier molecular flexibility index (Phi) is 7.09. The zero-order valence-corrected chi connectivity index (χ0v) is 12.6. The first kappa shape index (κ1) is 16.5. The largest absolute Gasteiger partial charge is 0.491 e. The number of rotatable bonds is 9. The van der Waals surface area contributed by atoms with E-state index in [1.54, 1.807) is 24.3 Å². The van der Waals surface area contributed by atoms with Crippen LogP contribution in [0.2, 0.25) is 0 Å². The number of carboxylic acids is 1. The van der Waals surface area contributed by atoms with Crippen molar-refractivity contribution >= 4 is 5.97 Å². The second-order valence-electron chi connectivity index (χ2n) is 4.97. The highest BCUT2D eigenvalue weighted by atomic mass is 16.5. The van der Waals surface area contributed by atoms with E-state index in [2.05, 4.69) is 26.1 Å². The van der Waals surface area contributed by atoms with E-state index in [0.717, 1.165) is 12.8 Å². The van der Waals surface area contributed by atoms with Gasteiger partial charge in [0.15, 0.2) is 0 Å². The molecule has 0 heterocycles. The third-order valence-electron chi connectivity index (χ3n) is 3.70. The Morgan fingerprint density at radius 1 is 1.30 bits per heavy atom. The van der Waals surface area contributed by atoms with Crippen molar-refractivity contribution in [2.45, 2.75) is 39.7 Å². The molecule has 0 saturated carbocycles. The van der Waals surface area contributed by atoms with Crippen molar-refractivity contribution in [2.75, 3.05) is 13.2 Å².